The van der Waals surface area contributed by atoms with E-state index in [-0.39, 0.29) is 11.7 Å². The van der Waals surface area contributed by atoms with Crippen LogP contribution in [0, 0.1) is 0 Å². The number of rotatable bonds is 1. The minimum absolute atomic E-state index is 0.154. The summed E-state index contributed by atoms with van der Waals surface area (Å²) in [7, 11) is 0. The van der Waals surface area contributed by atoms with E-state index < -0.39 is 0 Å². The maximum absolute atomic E-state index is 11.4. The van der Waals surface area contributed by atoms with E-state index in [1.54, 1.807) is 17.5 Å². The highest BCUT2D eigenvalue weighted by Crippen LogP contribution is 2.14. The summed E-state index contributed by atoms with van der Waals surface area (Å²) in [4.78, 5) is 14.0. The summed E-state index contributed by atoms with van der Waals surface area (Å²) in [5, 5.41) is 4.96. The van der Waals surface area contributed by atoms with E-state index in [1.165, 1.54) is 4.68 Å². The van der Waals surface area contributed by atoms with Crippen molar-refractivity contribution in [3.05, 3.63) is 46.9 Å². The molecule has 3 rings (SSSR count). The van der Waals surface area contributed by atoms with Crippen LogP contribution in [0.15, 0.2) is 41.2 Å². The van der Waals surface area contributed by atoms with Gasteiger partial charge in [-0.2, -0.15) is 4.68 Å². The fourth-order valence-corrected chi connectivity index (χ4v) is 1.84. The number of nitrogens with one attached hydrogen (secondary N) is 3. The number of nitrogens with zero attached hydrogens (tertiary/aromatic N) is 2. The fraction of sp³-hybridized carbons (Fsp3) is 0.222. The Hall–Kier alpha value is -1.95. The van der Waals surface area contributed by atoms with Crippen LogP contribution in [0.4, 0.5) is 0 Å². The number of dihydropyridines is 1. The van der Waals surface area contributed by atoms with Crippen LogP contribution < -0.4 is 21.6 Å². The third-order valence-corrected chi connectivity index (χ3v) is 2.55. The Morgan fingerprint density at radius 3 is 3.20 bits per heavy atom. The SMILES string of the molecule is O=c1[nH]ccn1N1NCC2NC=CC=C21. The first-order valence-corrected chi connectivity index (χ1v) is 4.79. The van der Waals surface area contributed by atoms with Crippen LogP contribution in [0.3, 0.4) is 0 Å². The summed E-state index contributed by atoms with van der Waals surface area (Å²) in [5.74, 6) is 0. The second-order valence-electron chi connectivity index (χ2n) is 3.45. The van der Waals surface area contributed by atoms with Gasteiger partial charge in [-0.15, -0.1) is 0 Å². The highest BCUT2D eigenvalue weighted by atomic mass is 16.2. The molecule has 3 N–H and O–H groups in total. The zero-order valence-corrected chi connectivity index (χ0v) is 7.97. The molecule has 1 fully saturated rings. The monoisotopic (exact) mass is 205 g/mol. The van der Waals surface area contributed by atoms with E-state index in [2.05, 4.69) is 15.7 Å². The molecule has 0 saturated carbocycles. The third kappa shape index (κ3) is 1.18. The smallest absolute Gasteiger partial charge is 0.345 e. The largest absolute Gasteiger partial charge is 0.381 e. The minimum Gasteiger partial charge on any atom is -0.381 e. The topological polar surface area (TPSA) is 65.1 Å². The van der Waals surface area contributed by atoms with Crippen molar-refractivity contribution < 1.29 is 0 Å². The van der Waals surface area contributed by atoms with Gasteiger partial charge in [0.15, 0.2) is 0 Å². The Bertz CT molecular complexity index is 483. The molecule has 0 amide bonds. The molecule has 1 aromatic rings. The fourth-order valence-electron chi connectivity index (χ4n) is 1.84. The molecule has 3 heterocycles. The van der Waals surface area contributed by atoms with E-state index in [0.717, 1.165) is 12.2 Å². The van der Waals surface area contributed by atoms with Gasteiger partial charge in [0.25, 0.3) is 0 Å². The molecular formula is C9H11N5O. The molecule has 0 spiro atoms. The van der Waals surface area contributed by atoms with Crippen LogP contribution in [0.5, 0.6) is 0 Å². The van der Waals surface area contributed by atoms with Gasteiger partial charge in [0, 0.05) is 18.9 Å². The number of hydrogen-bond donors (Lipinski definition) is 3. The summed E-state index contributed by atoms with van der Waals surface area (Å²) in [6, 6.07) is 0.233. The average Bonchev–Trinajstić information content (AvgIpc) is 2.83. The van der Waals surface area contributed by atoms with Crippen LogP contribution in [-0.2, 0) is 0 Å². The van der Waals surface area contributed by atoms with Gasteiger partial charge in [0.2, 0.25) is 0 Å². The van der Waals surface area contributed by atoms with Gasteiger partial charge in [0.1, 0.15) is 0 Å². The summed E-state index contributed by atoms with van der Waals surface area (Å²) in [6.45, 7) is 0.772. The first kappa shape index (κ1) is 8.37. The summed E-state index contributed by atoms with van der Waals surface area (Å²) in [5.41, 5.74) is 4.03. The second-order valence-corrected chi connectivity index (χ2v) is 3.45. The molecule has 2 aliphatic rings. The zero-order valence-electron chi connectivity index (χ0n) is 7.97. The molecule has 6 nitrogen and oxygen atoms in total. The van der Waals surface area contributed by atoms with Gasteiger partial charge in [-0.1, -0.05) is 0 Å². The number of imidazole rings is 1. The van der Waals surface area contributed by atoms with Gasteiger partial charge in [-0.05, 0) is 18.4 Å². The molecule has 0 radical (unpaired) electrons. The van der Waals surface area contributed by atoms with E-state index >= 15 is 0 Å². The third-order valence-electron chi connectivity index (χ3n) is 2.55. The lowest BCUT2D eigenvalue weighted by molar-refractivity contribution is 0.588. The van der Waals surface area contributed by atoms with Gasteiger partial charge in [0.05, 0.1) is 11.7 Å². The van der Waals surface area contributed by atoms with Crippen molar-refractivity contribution >= 4 is 0 Å². The number of allylic oxidation sites excluding steroid dienone is 2. The summed E-state index contributed by atoms with van der Waals surface area (Å²) < 4.78 is 1.51. The van der Waals surface area contributed by atoms with Crippen molar-refractivity contribution in [2.75, 3.05) is 11.7 Å². The number of H-pyrrole nitrogens is 1. The molecule has 1 aromatic heterocycles. The Morgan fingerprint density at radius 1 is 1.47 bits per heavy atom. The molecule has 1 unspecified atom stereocenters. The number of fused-ring (bicyclic) bond motifs is 1. The van der Waals surface area contributed by atoms with Crippen molar-refractivity contribution in [2.24, 2.45) is 0 Å². The normalized spacial score (nSPS) is 23.6. The predicted octanol–water partition coefficient (Wildman–Crippen LogP) is -0.998. The summed E-state index contributed by atoms with van der Waals surface area (Å²) in [6.07, 6.45) is 9.12. The van der Waals surface area contributed by atoms with Crippen LogP contribution in [-0.4, -0.2) is 22.2 Å². The average molecular weight is 205 g/mol. The van der Waals surface area contributed by atoms with Gasteiger partial charge >= 0.3 is 5.69 Å². The van der Waals surface area contributed by atoms with Gasteiger partial charge in [-0.3, -0.25) is 0 Å². The molecule has 78 valence electrons. The van der Waals surface area contributed by atoms with Crippen LogP contribution in [0.25, 0.3) is 0 Å². The first-order valence-electron chi connectivity index (χ1n) is 4.79. The van der Waals surface area contributed by atoms with Crippen LogP contribution in [0.1, 0.15) is 0 Å². The maximum atomic E-state index is 11.4. The molecule has 1 saturated heterocycles. The molecule has 2 aliphatic heterocycles. The van der Waals surface area contributed by atoms with E-state index in [9.17, 15) is 4.79 Å². The van der Waals surface area contributed by atoms with E-state index in [0.29, 0.717) is 0 Å². The lowest BCUT2D eigenvalue weighted by atomic mass is 10.2. The number of aromatic amines is 1. The molecule has 0 bridgehead atoms. The van der Waals surface area contributed by atoms with E-state index in [4.69, 9.17) is 0 Å². The first-order chi connectivity index (χ1) is 7.36. The van der Waals surface area contributed by atoms with Crippen LogP contribution in [0.2, 0.25) is 0 Å². The number of hydrazine groups is 1. The Morgan fingerprint density at radius 2 is 2.40 bits per heavy atom. The van der Waals surface area contributed by atoms with Gasteiger partial charge in [-0.25, -0.2) is 15.3 Å². The molecule has 0 aromatic carbocycles. The molecular weight excluding hydrogens is 194 g/mol. The number of hydrogen-bond acceptors (Lipinski definition) is 4. The quantitative estimate of drug-likeness (QED) is 0.550. The Balaban J connectivity index is 2.01. The second kappa shape index (κ2) is 3.03. The highest BCUT2D eigenvalue weighted by Gasteiger charge is 2.29. The lowest BCUT2D eigenvalue weighted by Gasteiger charge is -2.22. The van der Waals surface area contributed by atoms with Crippen molar-refractivity contribution in [2.45, 2.75) is 6.04 Å². The standard InChI is InChI=1S/C9H11N5O/c15-9-11-4-5-13(9)14-8-2-1-3-10-7(8)6-12-14/h1-5,7,10,12H,6H2,(H,11,15). The number of aromatic nitrogens is 2. The zero-order chi connectivity index (χ0) is 10.3. The van der Waals surface area contributed by atoms with Crippen molar-refractivity contribution in [1.29, 1.82) is 0 Å². The van der Waals surface area contributed by atoms with Crippen LogP contribution >= 0.6 is 0 Å². The molecule has 6 heteroatoms. The molecule has 1 atom stereocenters. The van der Waals surface area contributed by atoms with Crippen molar-refractivity contribution in [1.82, 2.24) is 20.4 Å². The highest BCUT2D eigenvalue weighted by molar-refractivity contribution is 5.32. The van der Waals surface area contributed by atoms with E-state index in [1.807, 2.05) is 18.4 Å². The predicted molar refractivity (Wildman–Crippen MR) is 55.4 cm³/mol. The molecule has 15 heavy (non-hydrogen) atoms. The van der Waals surface area contributed by atoms with Gasteiger partial charge < -0.3 is 10.3 Å². The maximum Gasteiger partial charge on any atom is 0.345 e. The molecule has 0 aliphatic carbocycles. The summed E-state index contributed by atoms with van der Waals surface area (Å²) >= 11 is 0. The Labute approximate surface area is 85.8 Å². The van der Waals surface area contributed by atoms with Crippen molar-refractivity contribution in [3.63, 3.8) is 0 Å². The Kier molecular flexibility index (Phi) is 1.69. The van der Waals surface area contributed by atoms with Crippen molar-refractivity contribution in [3.8, 4) is 0 Å². The minimum atomic E-state index is -0.154. The lowest BCUT2D eigenvalue weighted by Crippen LogP contribution is -2.44.